The van der Waals surface area contributed by atoms with E-state index in [0.717, 1.165) is 45.8 Å². The number of hydrogen-bond donors (Lipinski definition) is 0. The maximum absolute atomic E-state index is 5.89. The first-order valence-electron chi connectivity index (χ1n) is 8.31. The average Bonchev–Trinajstić information content (AvgIpc) is 3.22. The summed E-state index contributed by atoms with van der Waals surface area (Å²) >= 11 is 0. The molecule has 0 N–H and O–H groups in total. The number of hydrogen-bond acceptors (Lipinski definition) is 4. The normalized spacial score (nSPS) is 13.0. The van der Waals surface area contributed by atoms with Gasteiger partial charge in [0, 0.05) is 18.0 Å². The molecule has 0 unspecified atom stereocenters. The molecule has 4 aromatic rings. The van der Waals surface area contributed by atoms with Gasteiger partial charge in [0.25, 0.3) is 0 Å². The third kappa shape index (κ3) is 2.28. The third-order valence-corrected chi connectivity index (χ3v) is 4.50. The monoisotopic (exact) mass is 328 g/mol. The van der Waals surface area contributed by atoms with Gasteiger partial charge in [-0.05, 0) is 30.7 Å². The van der Waals surface area contributed by atoms with Gasteiger partial charge in [0.05, 0.1) is 23.1 Å². The number of fused-ring (bicyclic) bond motifs is 2. The van der Waals surface area contributed by atoms with Crippen LogP contribution in [0.3, 0.4) is 0 Å². The van der Waals surface area contributed by atoms with E-state index >= 15 is 0 Å². The van der Waals surface area contributed by atoms with E-state index in [1.54, 1.807) is 12.4 Å². The van der Waals surface area contributed by atoms with E-state index in [9.17, 15) is 0 Å². The van der Waals surface area contributed by atoms with Gasteiger partial charge in [-0.1, -0.05) is 29.8 Å². The van der Waals surface area contributed by atoms with Crippen LogP contribution in [0, 0.1) is 6.92 Å². The number of benzene rings is 2. The minimum absolute atomic E-state index is 0.664. The van der Waals surface area contributed by atoms with Crippen molar-refractivity contribution in [1.82, 2.24) is 19.7 Å². The SMILES string of the molecule is Cc1cccc(-c2nn3c(c2-c2ccc4nccnc4c2)OCC3)c1. The second kappa shape index (κ2) is 5.41. The van der Waals surface area contributed by atoms with Gasteiger partial charge in [0.2, 0.25) is 5.88 Å². The van der Waals surface area contributed by atoms with Crippen molar-refractivity contribution in [1.29, 1.82) is 0 Å². The van der Waals surface area contributed by atoms with E-state index in [-0.39, 0.29) is 0 Å². The standard InChI is InChI=1S/C20H16N4O/c1-13-3-2-4-15(11-13)19-18(20-24(23-19)9-10-25-20)14-5-6-16-17(12-14)22-8-7-21-16/h2-8,11-12H,9-10H2,1H3. The molecule has 0 saturated carbocycles. The van der Waals surface area contributed by atoms with Gasteiger partial charge >= 0.3 is 0 Å². The van der Waals surface area contributed by atoms with Gasteiger partial charge < -0.3 is 4.74 Å². The summed E-state index contributed by atoms with van der Waals surface area (Å²) < 4.78 is 7.85. The fraction of sp³-hybridized carbons (Fsp3) is 0.150. The Morgan fingerprint density at radius 3 is 2.72 bits per heavy atom. The van der Waals surface area contributed by atoms with Crippen molar-refractivity contribution >= 4 is 11.0 Å². The highest BCUT2D eigenvalue weighted by molar-refractivity contribution is 5.89. The van der Waals surface area contributed by atoms with Crippen LogP contribution in [0.15, 0.2) is 54.9 Å². The lowest BCUT2D eigenvalue weighted by Gasteiger charge is -2.07. The molecule has 1 aliphatic rings. The van der Waals surface area contributed by atoms with Crippen molar-refractivity contribution < 1.29 is 4.74 Å². The highest BCUT2D eigenvalue weighted by Crippen LogP contribution is 2.41. The Kier molecular flexibility index (Phi) is 3.06. The van der Waals surface area contributed by atoms with Gasteiger partial charge in [0.1, 0.15) is 12.3 Å². The molecule has 5 nitrogen and oxygen atoms in total. The fourth-order valence-electron chi connectivity index (χ4n) is 3.35. The Morgan fingerprint density at radius 1 is 0.960 bits per heavy atom. The van der Waals surface area contributed by atoms with Crippen molar-refractivity contribution in [2.75, 3.05) is 6.61 Å². The average molecular weight is 328 g/mol. The topological polar surface area (TPSA) is 52.8 Å². The predicted octanol–water partition coefficient (Wildman–Crippen LogP) is 3.86. The molecule has 25 heavy (non-hydrogen) atoms. The van der Waals surface area contributed by atoms with Crippen molar-refractivity contribution in [3.05, 3.63) is 60.4 Å². The summed E-state index contributed by atoms with van der Waals surface area (Å²) in [4.78, 5) is 8.79. The van der Waals surface area contributed by atoms with Crippen LogP contribution < -0.4 is 4.74 Å². The van der Waals surface area contributed by atoms with E-state index in [1.165, 1.54) is 5.56 Å². The smallest absolute Gasteiger partial charge is 0.220 e. The van der Waals surface area contributed by atoms with E-state index in [2.05, 4.69) is 53.3 Å². The first-order valence-corrected chi connectivity index (χ1v) is 8.31. The summed E-state index contributed by atoms with van der Waals surface area (Å²) in [6.45, 7) is 3.54. The highest BCUT2D eigenvalue weighted by atomic mass is 16.5. The molecule has 122 valence electrons. The van der Waals surface area contributed by atoms with Crippen LogP contribution in [0.1, 0.15) is 5.56 Å². The molecule has 3 heterocycles. The Hall–Kier alpha value is -3.21. The lowest BCUT2D eigenvalue weighted by molar-refractivity contribution is 0.358. The number of ether oxygens (including phenoxy) is 1. The van der Waals surface area contributed by atoms with Crippen LogP contribution in [0.4, 0.5) is 0 Å². The van der Waals surface area contributed by atoms with E-state index < -0.39 is 0 Å². The minimum atomic E-state index is 0.664. The molecule has 0 saturated heterocycles. The van der Waals surface area contributed by atoms with Crippen molar-refractivity contribution in [2.24, 2.45) is 0 Å². The largest absolute Gasteiger partial charge is 0.475 e. The van der Waals surface area contributed by atoms with Gasteiger partial charge in [-0.15, -0.1) is 0 Å². The zero-order chi connectivity index (χ0) is 16.8. The van der Waals surface area contributed by atoms with Gasteiger partial charge in [0.15, 0.2) is 0 Å². The molecule has 1 aliphatic heterocycles. The maximum Gasteiger partial charge on any atom is 0.220 e. The van der Waals surface area contributed by atoms with Crippen LogP contribution in [-0.2, 0) is 6.54 Å². The summed E-state index contributed by atoms with van der Waals surface area (Å²) in [5.41, 5.74) is 7.08. The number of aryl methyl sites for hydroxylation is 1. The predicted molar refractivity (Wildman–Crippen MR) is 96.4 cm³/mol. The number of aromatic nitrogens is 4. The van der Waals surface area contributed by atoms with Crippen LogP contribution in [-0.4, -0.2) is 26.4 Å². The van der Waals surface area contributed by atoms with Crippen LogP contribution >= 0.6 is 0 Å². The number of nitrogens with zero attached hydrogens (tertiary/aromatic N) is 4. The summed E-state index contributed by atoms with van der Waals surface area (Å²) in [7, 11) is 0. The van der Waals surface area contributed by atoms with Crippen LogP contribution in [0.2, 0.25) is 0 Å². The molecule has 0 spiro atoms. The van der Waals surface area contributed by atoms with Crippen molar-refractivity contribution in [3.63, 3.8) is 0 Å². The lowest BCUT2D eigenvalue weighted by atomic mass is 9.99. The van der Waals surface area contributed by atoms with E-state index in [1.807, 2.05) is 10.7 Å². The molecule has 0 bridgehead atoms. The molecule has 2 aromatic heterocycles. The molecule has 0 fully saturated rings. The second-order valence-corrected chi connectivity index (χ2v) is 6.23. The van der Waals surface area contributed by atoms with Gasteiger partial charge in [-0.2, -0.15) is 5.10 Å². The molecule has 2 aromatic carbocycles. The minimum Gasteiger partial charge on any atom is -0.475 e. The Morgan fingerprint density at radius 2 is 1.84 bits per heavy atom. The first kappa shape index (κ1) is 14.2. The first-order chi connectivity index (χ1) is 12.3. The van der Waals surface area contributed by atoms with Crippen molar-refractivity contribution in [2.45, 2.75) is 13.5 Å². The molecular formula is C20H16N4O. The molecule has 5 rings (SSSR count). The molecule has 0 atom stereocenters. The zero-order valence-electron chi connectivity index (χ0n) is 13.8. The fourth-order valence-corrected chi connectivity index (χ4v) is 3.35. The Bertz CT molecular complexity index is 1100. The quantitative estimate of drug-likeness (QED) is 0.561. The molecule has 0 radical (unpaired) electrons. The molecule has 0 aliphatic carbocycles. The van der Waals surface area contributed by atoms with E-state index in [4.69, 9.17) is 9.84 Å². The summed E-state index contributed by atoms with van der Waals surface area (Å²) in [6.07, 6.45) is 3.42. The van der Waals surface area contributed by atoms with Gasteiger partial charge in [-0.3, -0.25) is 9.97 Å². The Balaban J connectivity index is 1.76. The van der Waals surface area contributed by atoms with Crippen molar-refractivity contribution in [3.8, 4) is 28.3 Å². The van der Waals surface area contributed by atoms with Gasteiger partial charge in [-0.25, -0.2) is 4.68 Å². The summed E-state index contributed by atoms with van der Waals surface area (Å²) in [5, 5.41) is 4.81. The van der Waals surface area contributed by atoms with E-state index in [0.29, 0.717) is 6.61 Å². The zero-order valence-corrected chi connectivity index (χ0v) is 13.8. The molecule has 5 heteroatoms. The highest BCUT2D eigenvalue weighted by Gasteiger charge is 2.25. The maximum atomic E-state index is 5.89. The number of rotatable bonds is 2. The molecular weight excluding hydrogens is 312 g/mol. The molecule has 0 amide bonds. The summed E-state index contributed by atoms with van der Waals surface area (Å²) in [5.74, 6) is 0.833. The van der Waals surface area contributed by atoms with Crippen LogP contribution in [0.5, 0.6) is 5.88 Å². The second-order valence-electron chi connectivity index (χ2n) is 6.23. The third-order valence-electron chi connectivity index (χ3n) is 4.50. The van der Waals surface area contributed by atoms with Crippen LogP contribution in [0.25, 0.3) is 33.4 Å². The summed E-state index contributed by atoms with van der Waals surface area (Å²) in [6, 6.07) is 14.5. The Labute approximate surface area is 144 Å². The lowest BCUT2D eigenvalue weighted by Crippen LogP contribution is -1.96.